The summed E-state index contributed by atoms with van der Waals surface area (Å²) in [6.45, 7) is 5.89. The lowest BCUT2D eigenvalue weighted by Crippen LogP contribution is -2.30. The van der Waals surface area contributed by atoms with Gasteiger partial charge < -0.3 is 9.88 Å². The van der Waals surface area contributed by atoms with Crippen molar-refractivity contribution in [2.45, 2.75) is 38.5 Å². The third kappa shape index (κ3) is 2.01. The van der Waals surface area contributed by atoms with E-state index < -0.39 is 0 Å². The first-order valence-corrected chi connectivity index (χ1v) is 6.55. The van der Waals surface area contributed by atoms with Gasteiger partial charge in [-0.15, -0.1) is 0 Å². The third-order valence-electron chi connectivity index (χ3n) is 4.12. The van der Waals surface area contributed by atoms with Gasteiger partial charge in [-0.05, 0) is 38.6 Å². The van der Waals surface area contributed by atoms with Crippen LogP contribution in [0.3, 0.4) is 0 Å². The molecule has 1 N–H and O–H groups in total. The second-order valence-corrected chi connectivity index (χ2v) is 5.49. The molecule has 88 valence electrons. The first-order valence-electron chi connectivity index (χ1n) is 6.55. The van der Waals surface area contributed by atoms with E-state index in [9.17, 15) is 0 Å². The van der Waals surface area contributed by atoms with Crippen LogP contribution in [0.15, 0.2) is 6.20 Å². The van der Waals surface area contributed by atoms with Gasteiger partial charge in [0.1, 0.15) is 5.82 Å². The quantitative estimate of drug-likeness (QED) is 0.846. The van der Waals surface area contributed by atoms with Crippen LogP contribution in [0, 0.1) is 12.8 Å². The summed E-state index contributed by atoms with van der Waals surface area (Å²) in [5.74, 6) is 2.85. The van der Waals surface area contributed by atoms with Gasteiger partial charge >= 0.3 is 0 Å². The van der Waals surface area contributed by atoms with E-state index in [1.165, 1.54) is 56.8 Å². The van der Waals surface area contributed by atoms with E-state index in [4.69, 9.17) is 0 Å². The number of hydrogen-bond donors (Lipinski definition) is 1. The Kier molecular flexibility index (Phi) is 2.72. The second-order valence-electron chi connectivity index (χ2n) is 5.49. The van der Waals surface area contributed by atoms with Crippen LogP contribution in [0.4, 0.5) is 0 Å². The van der Waals surface area contributed by atoms with Crippen molar-refractivity contribution >= 4 is 0 Å². The molecule has 0 amide bonds. The minimum Gasteiger partial charge on any atom is -0.346 e. The number of rotatable bonds is 3. The van der Waals surface area contributed by atoms with Gasteiger partial charge in [0.15, 0.2) is 0 Å². The Labute approximate surface area is 97.3 Å². The van der Waals surface area contributed by atoms with Crippen molar-refractivity contribution < 1.29 is 0 Å². The summed E-state index contributed by atoms with van der Waals surface area (Å²) < 4.78 is 0. The molecule has 1 saturated heterocycles. The summed E-state index contributed by atoms with van der Waals surface area (Å²) in [5.41, 5.74) is 1.19. The Morgan fingerprint density at radius 3 is 2.94 bits per heavy atom. The van der Waals surface area contributed by atoms with Crippen LogP contribution in [0.1, 0.15) is 43.1 Å². The number of aryl methyl sites for hydroxylation is 1. The lowest BCUT2D eigenvalue weighted by atomic mass is 9.85. The van der Waals surface area contributed by atoms with Gasteiger partial charge in [0, 0.05) is 30.9 Å². The van der Waals surface area contributed by atoms with E-state index in [1.807, 2.05) is 6.20 Å². The molecule has 1 atom stereocenters. The molecule has 16 heavy (non-hydrogen) atoms. The number of nitrogens with one attached hydrogen (secondary N) is 1. The van der Waals surface area contributed by atoms with Crippen molar-refractivity contribution in [3.8, 4) is 0 Å². The van der Waals surface area contributed by atoms with E-state index in [0.29, 0.717) is 5.92 Å². The number of nitrogens with zero attached hydrogens (tertiary/aromatic N) is 2. The standard InChI is InChI=1S/C13H21N3/c1-10-7-14-13(15-10)12-5-6-16(9-12)8-11-3-2-4-11/h7,11-12H,2-6,8-9H2,1H3,(H,14,15)/t12-/m0/s1. The molecule has 2 fully saturated rings. The first kappa shape index (κ1) is 10.3. The zero-order chi connectivity index (χ0) is 11.0. The average molecular weight is 219 g/mol. The van der Waals surface area contributed by atoms with Crippen LogP contribution in [0.2, 0.25) is 0 Å². The highest BCUT2D eigenvalue weighted by molar-refractivity contribution is 5.06. The smallest absolute Gasteiger partial charge is 0.110 e. The molecule has 0 aromatic carbocycles. The molecule has 1 aliphatic carbocycles. The van der Waals surface area contributed by atoms with E-state index in [-0.39, 0.29) is 0 Å². The van der Waals surface area contributed by atoms with Crippen molar-refractivity contribution in [1.29, 1.82) is 0 Å². The molecule has 2 aliphatic rings. The van der Waals surface area contributed by atoms with Crippen molar-refractivity contribution in [3.05, 3.63) is 17.7 Å². The monoisotopic (exact) mass is 219 g/mol. The van der Waals surface area contributed by atoms with Gasteiger partial charge in [-0.1, -0.05) is 6.42 Å². The fourth-order valence-electron chi connectivity index (χ4n) is 2.90. The fraction of sp³-hybridized carbons (Fsp3) is 0.769. The summed E-state index contributed by atoms with van der Waals surface area (Å²) in [7, 11) is 0. The largest absolute Gasteiger partial charge is 0.346 e. The molecule has 1 aromatic rings. The molecule has 3 heteroatoms. The minimum atomic E-state index is 0.647. The van der Waals surface area contributed by atoms with Crippen molar-refractivity contribution in [2.24, 2.45) is 5.92 Å². The molecule has 1 saturated carbocycles. The summed E-state index contributed by atoms with van der Waals surface area (Å²) in [6.07, 6.45) is 7.60. The SMILES string of the molecule is Cc1cnc([C@H]2CCN(CC3CCC3)C2)[nH]1. The number of hydrogen-bond acceptors (Lipinski definition) is 2. The number of H-pyrrole nitrogens is 1. The minimum absolute atomic E-state index is 0.647. The van der Waals surface area contributed by atoms with Crippen LogP contribution < -0.4 is 0 Å². The topological polar surface area (TPSA) is 31.9 Å². The van der Waals surface area contributed by atoms with Crippen LogP contribution >= 0.6 is 0 Å². The second kappa shape index (κ2) is 4.21. The average Bonchev–Trinajstić information content (AvgIpc) is 2.80. The normalized spacial score (nSPS) is 27.2. The molecule has 0 bridgehead atoms. The maximum Gasteiger partial charge on any atom is 0.110 e. The number of aromatic amines is 1. The van der Waals surface area contributed by atoms with E-state index in [0.717, 1.165) is 5.92 Å². The Hall–Kier alpha value is -0.830. The summed E-state index contributed by atoms with van der Waals surface area (Å²) in [5, 5.41) is 0. The summed E-state index contributed by atoms with van der Waals surface area (Å²) in [4.78, 5) is 10.5. The molecule has 0 spiro atoms. The lowest BCUT2D eigenvalue weighted by molar-refractivity contribution is 0.203. The number of aromatic nitrogens is 2. The lowest BCUT2D eigenvalue weighted by Gasteiger charge is -2.29. The maximum absolute atomic E-state index is 4.46. The Bertz CT molecular complexity index is 354. The molecule has 3 rings (SSSR count). The zero-order valence-electron chi connectivity index (χ0n) is 10.1. The summed E-state index contributed by atoms with van der Waals surface area (Å²) in [6, 6.07) is 0. The van der Waals surface area contributed by atoms with Gasteiger partial charge in [-0.3, -0.25) is 0 Å². The molecule has 1 aromatic heterocycles. The molecular formula is C13H21N3. The van der Waals surface area contributed by atoms with Gasteiger partial charge in [0.05, 0.1) is 0 Å². The summed E-state index contributed by atoms with van der Waals surface area (Å²) >= 11 is 0. The highest BCUT2D eigenvalue weighted by atomic mass is 15.2. The third-order valence-corrected chi connectivity index (χ3v) is 4.12. The van der Waals surface area contributed by atoms with Crippen molar-refractivity contribution in [3.63, 3.8) is 0 Å². The molecular weight excluding hydrogens is 198 g/mol. The predicted octanol–water partition coefficient (Wildman–Crippen LogP) is 2.31. The zero-order valence-corrected chi connectivity index (χ0v) is 10.1. The van der Waals surface area contributed by atoms with E-state index in [2.05, 4.69) is 21.8 Å². The fourth-order valence-corrected chi connectivity index (χ4v) is 2.90. The molecule has 2 heterocycles. The van der Waals surface area contributed by atoms with Crippen LogP contribution in [-0.2, 0) is 0 Å². The van der Waals surface area contributed by atoms with Gasteiger partial charge in [0.25, 0.3) is 0 Å². The first-order chi connectivity index (χ1) is 7.81. The van der Waals surface area contributed by atoms with Gasteiger partial charge in [-0.25, -0.2) is 4.98 Å². The van der Waals surface area contributed by atoms with Crippen LogP contribution in [-0.4, -0.2) is 34.5 Å². The van der Waals surface area contributed by atoms with Crippen LogP contribution in [0.25, 0.3) is 0 Å². The highest BCUT2D eigenvalue weighted by Gasteiger charge is 2.28. The molecule has 3 nitrogen and oxygen atoms in total. The Balaban J connectivity index is 1.55. The highest BCUT2D eigenvalue weighted by Crippen LogP contribution is 2.31. The number of likely N-dealkylation sites (tertiary alicyclic amines) is 1. The van der Waals surface area contributed by atoms with E-state index >= 15 is 0 Å². The molecule has 0 unspecified atom stereocenters. The van der Waals surface area contributed by atoms with Crippen molar-refractivity contribution in [1.82, 2.24) is 14.9 Å². The maximum atomic E-state index is 4.46. The number of imidazole rings is 1. The van der Waals surface area contributed by atoms with Gasteiger partial charge in [0.2, 0.25) is 0 Å². The predicted molar refractivity (Wildman–Crippen MR) is 64.5 cm³/mol. The Morgan fingerprint density at radius 2 is 2.31 bits per heavy atom. The van der Waals surface area contributed by atoms with E-state index in [1.54, 1.807) is 0 Å². The van der Waals surface area contributed by atoms with Gasteiger partial charge in [-0.2, -0.15) is 0 Å². The van der Waals surface area contributed by atoms with Crippen molar-refractivity contribution in [2.75, 3.05) is 19.6 Å². The molecule has 0 radical (unpaired) electrons. The van der Waals surface area contributed by atoms with Crippen LogP contribution in [0.5, 0.6) is 0 Å². The molecule has 1 aliphatic heterocycles. The Morgan fingerprint density at radius 1 is 1.44 bits per heavy atom.